The normalized spacial score (nSPS) is 13.8. The van der Waals surface area contributed by atoms with E-state index in [0.29, 0.717) is 55.3 Å². The van der Waals surface area contributed by atoms with Crippen molar-refractivity contribution < 1.29 is 27.8 Å². The van der Waals surface area contributed by atoms with Crippen LogP contribution in [-0.4, -0.2) is 114 Å². The van der Waals surface area contributed by atoms with E-state index in [0.717, 1.165) is 17.9 Å². The van der Waals surface area contributed by atoms with E-state index >= 15 is 8.78 Å². The summed E-state index contributed by atoms with van der Waals surface area (Å²) < 4.78 is 43.0. The number of carbonyl (C=O) groups excluding carboxylic acids is 2. The summed E-state index contributed by atoms with van der Waals surface area (Å²) in [5.41, 5.74) is -1.28. The maximum Gasteiger partial charge on any atom is 0.412 e. The van der Waals surface area contributed by atoms with Gasteiger partial charge in [-0.2, -0.15) is 15.2 Å². The first-order valence-corrected chi connectivity index (χ1v) is 18.6. The zero-order chi connectivity index (χ0) is 40.0. The second-order valence-electron chi connectivity index (χ2n) is 15.6. The molecule has 1 aliphatic rings. The van der Waals surface area contributed by atoms with Gasteiger partial charge in [0.1, 0.15) is 45.1 Å². The lowest BCUT2D eigenvalue weighted by Gasteiger charge is -2.36. The molecule has 5 aromatic rings. The lowest BCUT2D eigenvalue weighted by molar-refractivity contribution is 0.0240. The number of rotatable bonds is 7. The number of hydrogen-bond acceptors (Lipinski definition) is 13. The van der Waals surface area contributed by atoms with Crippen LogP contribution in [-0.2, 0) is 9.47 Å². The fourth-order valence-electron chi connectivity index (χ4n) is 6.06. The smallest absolute Gasteiger partial charge is 0.412 e. The number of anilines is 3. The van der Waals surface area contributed by atoms with Crippen LogP contribution in [0.2, 0.25) is 0 Å². The molecular weight excluding hydrogens is 731 g/mol. The maximum absolute atomic E-state index is 16.8. The van der Waals surface area contributed by atoms with E-state index in [4.69, 9.17) is 24.4 Å². The first kappa shape index (κ1) is 39.2. The van der Waals surface area contributed by atoms with Crippen molar-refractivity contribution in [1.29, 1.82) is 5.26 Å². The molecule has 14 nitrogen and oxygen atoms in total. The van der Waals surface area contributed by atoms with E-state index in [2.05, 4.69) is 15.2 Å². The van der Waals surface area contributed by atoms with E-state index in [-0.39, 0.29) is 49.2 Å². The minimum atomic E-state index is -0.818. The van der Waals surface area contributed by atoms with Crippen molar-refractivity contribution in [3.05, 3.63) is 41.6 Å². The Morgan fingerprint density at radius 2 is 1.67 bits per heavy atom. The second kappa shape index (κ2) is 15.0. The van der Waals surface area contributed by atoms with Gasteiger partial charge in [-0.05, 0) is 73.8 Å². The number of pyridine rings is 2. The zero-order valence-corrected chi connectivity index (χ0v) is 33.2. The molecule has 0 radical (unpaired) electrons. The molecule has 0 bridgehead atoms. The number of carbonyl (C=O) groups is 2. The summed E-state index contributed by atoms with van der Waals surface area (Å²) in [7, 11) is 5.81. The first-order chi connectivity index (χ1) is 25.8. The predicted molar refractivity (Wildman–Crippen MR) is 210 cm³/mol. The summed E-state index contributed by atoms with van der Waals surface area (Å²) in [6.07, 6.45) is 0.267. The van der Waals surface area contributed by atoms with E-state index in [1.165, 1.54) is 18.3 Å². The molecule has 6 rings (SSSR count). The summed E-state index contributed by atoms with van der Waals surface area (Å²) >= 11 is 0.845. The maximum atomic E-state index is 16.8. The fraction of sp³-hybridized carbons (Fsp3) is 0.447. The highest BCUT2D eigenvalue weighted by molar-refractivity contribution is 7.23. The van der Waals surface area contributed by atoms with Crippen LogP contribution in [0.15, 0.2) is 24.4 Å². The van der Waals surface area contributed by atoms with Crippen molar-refractivity contribution in [2.24, 2.45) is 0 Å². The van der Waals surface area contributed by atoms with Crippen LogP contribution < -0.4 is 15.1 Å². The Bertz CT molecular complexity index is 2340. The Morgan fingerprint density at radius 3 is 2.31 bits per heavy atom. The van der Waals surface area contributed by atoms with Crippen LogP contribution in [0.4, 0.5) is 35.1 Å². The molecular formula is C38H44F2N10O4S. The predicted octanol–water partition coefficient (Wildman–Crippen LogP) is 7.01. The highest BCUT2D eigenvalue weighted by Crippen LogP contribution is 2.43. The Balaban J connectivity index is 1.44. The van der Waals surface area contributed by atoms with Crippen molar-refractivity contribution in [3.63, 3.8) is 0 Å². The molecule has 1 saturated heterocycles. The Hall–Kier alpha value is -5.47. The van der Waals surface area contributed by atoms with E-state index in [9.17, 15) is 14.9 Å². The molecule has 0 atom stereocenters. The largest absolute Gasteiger partial charge is 0.444 e. The van der Waals surface area contributed by atoms with Gasteiger partial charge in [-0.1, -0.05) is 0 Å². The topological polar surface area (TPSA) is 153 Å². The molecule has 5 heterocycles. The van der Waals surface area contributed by atoms with Gasteiger partial charge in [0.05, 0.1) is 15.6 Å². The third-order valence-corrected chi connectivity index (χ3v) is 9.77. The van der Waals surface area contributed by atoms with Crippen molar-refractivity contribution in [1.82, 2.24) is 29.7 Å². The molecule has 290 valence electrons. The first-order valence-electron chi connectivity index (χ1n) is 17.7. The molecule has 2 amide bonds. The number of likely N-dealkylation sites (N-methyl/N-ethyl adjacent to an activating group) is 2. The fourth-order valence-corrected chi connectivity index (χ4v) is 7.13. The lowest BCUT2D eigenvalue weighted by Crippen LogP contribution is -2.50. The highest BCUT2D eigenvalue weighted by Gasteiger charge is 2.29. The number of benzene rings is 1. The lowest BCUT2D eigenvalue weighted by atomic mass is 10.0. The molecule has 1 aromatic carbocycles. The molecule has 1 N–H and O–H groups in total. The summed E-state index contributed by atoms with van der Waals surface area (Å²) in [6.45, 7) is 13.6. The number of fused-ring (bicyclic) bond motifs is 3. The van der Waals surface area contributed by atoms with Crippen molar-refractivity contribution in [2.45, 2.75) is 52.7 Å². The van der Waals surface area contributed by atoms with Gasteiger partial charge in [-0.3, -0.25) is 10.3 Å². The monoisotopic (exact) mass is 774 g/mol. The van der Waals surface area contributed by atoms with Crippen LogP contribution >= 0.6 is 11.3 Å². The van der Waals surface area contributed by atoms with Crippen LogP contribution in [0.5, 0.6) is 0 Å². The molecule has 0 spiro atoms. The second-order valence-corrected chi connectivity index (χ2v) is 16.6. The molecule has 55 heavy (non-hydrogen) atoms. The van der Waals surface area contributed by atoms with E-state index < -0.39 is 28.9 Å². The van der Waals surface area contributed by atoms with Crippen LogP contribution in [0, 0.1) is 23.0 Å². The van der Waals surface area contributed by atoms with Gasteiger partial charge >= 0.3 is 12.2 Å². The Morgan fingerprint density at radius 1 is 0.982 bits per heavy atom. The number of ether oxygens (including phenoxy) is 2. The Kier molecular flexibility index (Phi) is 10.7. The number of nitrogens with zero attached hydrogens (tertiary/aromatic N) is 9. The third kappa shape index (κ3) is 8.45. The minimum absolute atomic E-state index is 0.0305. The van der Waals surface area contributed by atoms with Crippen LogP contribution in [0.25, 0.3) is 43.3 Å². The molecule has 17 heteroatoms. The van der Waals surface area contributed by atoms with Crippen molar-refractivity contribution >= 4 is 72.3 Å². The standard InChI is InChI=1S/C38H44F2N10O4S/c1-37(2,3)53-35(51)46-33-24(19-41)26-22(10-11-25(39)30(26)55-33)29-27(40)28-21(20-42-29)18-23-31(43-28)44-34(48(9)13-12-47(7)8)45-32(23)49-14-16-50(17-15-49)36(52)54-38(4,5)6/h10-11,18,20H,12-17H2,1-9H3,(H,46,51). The minimum Gasteiger partial charge on any atom is -0.444 e. The van der Waals surface area contributed by atoms with Gasteiger partial charge < -0.3 is 29.1 Å². The molecule has 0 saturated carbocycles. The zero-order valence-electron chi connectivity index (χ0n) is 32.4. The number of amides is 2. The number of nitrogens with one attached hydrogen (secondary N) is 1. The third-order valence-electron chi connectivity index (χ3n) is 8.66. The number of hydrogen-bond donors (Lipinski definition) is 1. The van der Waals surface area contributed by atoms with Gasteiger partial charge in [0.25, 0.3) is 0 Å². The van der Waals surface area contributed by atoms with E-state index in [1.807, 2.05) is 57.8 Å². The number of halogens is 2. The van der Waals surface area contributed by atoms with Gasteiger partial charge in [0.2, 0.25) is 5.95 Å². The number of thiophene rings is 1. The van der Waals surface area contributed by atoms with Crippen molar-refractivity contribution in [2.75, 3.05) is 75.5 Å². The number of nitriles is 1. The number of aromatic nitrogens is 4. The molecule has 0 aliphatic carbocycles. The molecule has 1 aliphatic heterocycles. The van der Waals surface area contributed by atoms with E-state index in [1.54, 1.807) is 31.7 Å². The van der Waals surface area contributed by atoms with Gasteiger partial charge in [0.15, 0.2) is 11.5 Å². The number of piperazine rings is 1. The SMILES string of the molecule is CN(C)CCN(C)c1nc(N2CCN(C(=O)OC(C)(C)C)CC2)c2cc3cnc(-c4ccc(F)c5sc(NC(=O)OC(C)(C)C)c(C#N)c45)c(F)c3nc2n1. The van der Waals surface area contributed by atoms with Gasteiger partial charge in [-0.25, -0.2) is 23.4 Å². The summed E-state index contributed by atoms with van der Waals surface area (Å²) in [6, 6.07) is 6.31. The average Bonchev–Trinajstić information content (AvgIpc) is 3.47. The summed E-state index contributed by atoms with van der Waals surface area (Å²) in [5, 5.41) is 13.9. The Labute approximate surface area is 321 Å². The van der Waals surface area contributed by atoms with Crippen molar-refractivity contribution in [3.8, 4) is 17.3 Å². The molecule has 0 unspecified atom stereocenters. The van der Waals surface area contributed by atoms with Crippen LogP contribution in [0.3, 0.4) is 0 Å². The molecule has 1 fully saturated rings. The highest BCUT2D eigenvalue weighted by atomic mass is 32.1. The quantitative estimate of drug-likeness (QED) is 0.169. The van der Waals surface area contributed by atoms with Gasteiger partial charge in [0, 0.05) is 68.8 Å². The van der Waals surface area contributed by atoms with Gasteiger partial charge in [-0.15, -0.1) is 11.3 Å². The molecule has 4 aromatic heterocycles. The average molecular weight is 775 g/mol. The summed E-state index contributed by atoms with van der Waals surface area (Å²) in [5.74, 6) is -0.466. The summed E-state index contributed by atoms with van der Waals surface area (Å²) in [4.78, 5) is 52.0. The van der Waals surface area contributed by atoms with Crippen LogP contribution in [0.1, 0.15) is 47.1 Å².